The number of carbonyl (C=O) groups excluding carboxylic acids is 1. The zero-order valence-corrected chi connectivity index (χ0v) is 10.1. The van der Waals surface area contributed by atoms with Gasteiger partial charge in [-0.2, -0.15) is 0 Å². The Labute approximate surface area is 107 Å². The zero-order valence-electron chi connectivity index (χ0n) is 10.1. The molecule has 102 valence electrons. The van der Waals surface area contributed by atoms with E-state index in [0.29, 0.717) is 12.0 Å². The van der Waals surface area contributed by atoms with E-state index in [0.717, 1.165) is 0 Å². The van der Waals surface area contributed by atoms with Gasteiger partial charge in [0.05, 0.1) is 5.92 Å². The Kier molecular flexibility index (Phi) is 3.34. The van der Waals surface area contributed by atoms with Gasteiger partial charge >= 0.3 is 6.36 Å². The van der Waals surface area contributed by atoms with Crippen molar-refractivity contribution < 1.29 is 22.7 Å². The quantitative estimate of drug-likeness (QED) is 0.897. The summed E-state index contributed by atoms with van der Waals surface area (Å²) in [5, 5.41) is 7.77. The van der Waals surface area contributed by atoms with Gasteiger partial charge in [-0.1, -0.05) is 19.1 Å². The molecule has 1 aliphatic rings. The highest BCUT2D eigenvalue weighted by atomic mass is 19.4. The molecule has 3 nitrogen and oxygen atoms in total. The first-order chi connectivity index (χ1) is 8.78. The SMILES string of the molecule is CC1CC(=N)C(c2cccc(OC(F)(F)F)c2)C1=O. The second kappa shape index (κ2) is 4.68. The topological polar surface area (TPSA) is 50.1 Å². The van der Waals surface area contributed by atoms with E-state index < -0.39 is 12.3 Å². The summed E-state index contributed by atoms with van der Waals surface area (Å²) in [5.41, 5.74) is 0.614. The number of benzene rings is 1. The third-order valence-electron chi connectivity index (χ3n) is 3.07. The first-order valence-corrected chi connectivity index (χ1v) is 5.74. The largest absolute Gasteiger partial charge is 0.573 e. The Balaban J connectivity index is 2.29. The van der Waals surface area contributed by atoms with Gasteiger partial charge in [0, 0.05) is 11.6 Å². The molecular formula is C13H12F3NO2. The molecule has 0 aromatic heterocycles. The first kappa shape index (κ1) is 13.6. The molecule has 0 amide bonds. The molecule has 2 rings (SSSR count). The molecule has 1 saturated carbocycles. The lowest BCUT2D eigenvalue weighted by molar-refractivity contribution is -0.274. The van der Waals surface area contributed by atoms with Crippen LogP contribution in [0, 0.1) is 11.3 Å². The van der Waals surface area contributed by atoms with Crippen molar-refractivity contribution in [3.63, 3.8) is 0 Å². The van der Waals surface area contributed by atoms with E-state index in [4.69, 9.17) is 5.41 Å². The summed E-state index contributed by atoms with van der Waals surface area (Å²) in [6.45, 7) is 1.72. The van der Waals surface area contributed by atoms with Crippen LogP contribution in [0.1, 0.15) is 24.8 Å². The van der Waals surface area contributed by atoms with Crippen molar-refractivity contribution in [2.75, 3.05) is 0 Å². The Morgan fingerprint density at radius 3 is 2.58 bits per heavy atom. The van der Waals surface area contributed by atoms with Crippen molar-refractivity contribution in [1.82, 2.24) is 0 Å². The molecular weight excluding hydrogens is 259 g/mol. The van der Waals surface area contributed by atoms with E-state index in [1.807, 2.05) is 0 Å². The smallest absolute Gasteiger partial charge is 0.406 e. The summed E-state index contributed by atoms with van der Waals surface area (Å²) in [7, 11) is 0. The molecule has 0 spiro atoms. The maximum absolute atomic E-state index is 12.1. The molecule has 1 N–H and O–H groups in total. The number of alkyl halides is 3. The molecule has 1 aromatic carbocycles. The van der Waals surface area contributed by atoms with Crippen LogP contribution in [0.5, 0.6) is 5.75 Å². The number of carbonyl (C=O) groups is 1. The minimum absolute atomic E-state index is 0.130. The molecule has 6 heteroatoms. The fraction of sp³-hybridized carbons (Fsp3) is 0.385. The second-order valence-electron chi connectivity index (χ2n) is 4.59. The zero-order chi connectivity index (χ0) is 14.2. The van der Waals surface area contributed by atoms with Crippen molar-refractivity contribution in [2.24, 2.45) is 5.92 Å². The number of ether oxygens (including phenoxy) is 1. The number of hydrogen-bond acceptors (Lipinski definition) is 3. The third kappa shape index (κ3) is 2.94. The van der Waals surface area contributed by atoms with Crippen molar-refractivity contribution in [1.29, 1.82) is 5.41 Å². The summed E-state index contributed by atoms with van der Waals surface area (Å²) in [6, 6.07) is 5.27. The molecule has 1 fully saturated rings. The van der Waals surface area contributed by atoms with Gasteiger partial charge in [0.25, 0.3) is 0 Å². The molecule has 0 bridgehead atoms. The Morgan fingerprint density at radius 2 is 2.05 bits per heavy atom. The monoisotopic (exact) mass is 271 g/mol. The van der Waals surface area contributed by atoms with Gasteiger partial charge in [0.1, 0.15) is 11.5 Å². The number of Topliss-reactive ketones (excluding diaryl/α,β-unsaturated/α-hetero) is 1. The lowest BCUT2D eigenvalue weighted by Crippen LogP contribution is -2.18. The van der Waals surface area contributed by atoms with Crippen LogP contribution >= 0.6 is 0 Å². The van der Waals surface area contributed by atoms with E-state index >= 15 is 0 Å². The average Bonchev–Trinajstić information content (AvgIpc) is 2.51. The average molecular weight is 271 g/mol. The highest BCUT2D eigenvalue weighted by Gasteiger charge is 2.37. The molecule has 1 aromatic rings. The molecule has 0 saturated heterocycles. The molecule has 2 unspecified atom stereocenters. The van der Waals surface area contributed by atoms with Crippen LogP contribution in [-0.2, 0) is 4.79 Å². The Morgan fingerprint density at radius 1 is 1.37 bits per heavy atom. The van der Waals surface area contributed by atoms with Crippen LogP contribution in [0.4, 0.5) is 13.2 Å². The van der Waals surface area contributed by atoms with Gasteiger partial charge in [-0.05, 0) is 24.1 Å². The van der Waals surface area contributed by atoms with Gasteiger partial charge in [0.2, 0.25) is 0 Å². The predicted molar refractivity (Wildman–Crippen MR) is 62.4 cm³/mol. The lowest BCUT2D eigenvalue weighted by atomic mass is 9.94. The molecule has 0 radical (unpaired) electrons. The van der Waals surface area contributed by atoms with Crippen molar-refractivity contribution in [2.45, 2.75) is 25.6 Å². The highest BCUT2D eigenvalue weighted by Crippen LogP contribution is 2.34. The van der Waals surface area contributed by atoms with Crippen LogP contribution in [0.15, 0.2) is 24.3 Å². The van der Waals surface area contributed by atoms with Crippen LogP contribution in [-0.4, -0.2) is 17.9 Å². The molecule has 0 heterocycles. The minimum Gasteiger partial charge on any atom is -0.406 e. The number of rotatable bonds is 2. The van der Waals surface area contributed by atoms with Gasteiger partial charge in [0.15, 0.2) is 0 Å². The maximum atomic E-state index is 12.1. The fourth-order valence-electron chi connectivity index (χ4n) is 2.26. The molecule has 0 aliphatic heterocycles. The Hall–Kier alpha value is -1.85. The molecule has 19 heavy (non-hydrogen) atoms. The van der Waals surface area contributed by atoms with Crippen molar-refractivity contribution in [3.05, 3.63) is 29.8 Å². The summed E-state index contributed by atoms with van der Waals surface area (Å²) in [6.07, 6.45) is -4.41. The van der Waals surface area contributed by atoms with Gasteiger partial charge in [-0.15, -0.1) is 13.2 Å². The van der Waals surface area contributed by atoms with E-state index in [-0.39, 0.29) is 23.2 Å². The fourth-order valence-corrected chi connectivity index (χ4v) is 2.26. The summed E-state index contributed by atoms with van der Waals surface area (Å²) in [4.78, 5) is 11.9. The second-order valence-corrected chi connectivity index (χ2v) is 4.59. The Bertz CT molecular complexity index is 525. The van der Waals surface area contributed by atoms with E-state index in [9.17, 15) is 18.0 Å². The highest BCUT2D eigenvalue weighted by molar-refractivity contribution is 6.15. The number of halogens is 3. The van der Waals surface area contributed by atoms with Crippen LogP contribution in [0.25, 0.3) is 0 Å². The predicted octanol–water partition coefficient (Wildman–Crippen LogP) is 3.30. The van der Waals surface area contributed by atoms with Crippen molar-refractivity contribution in [3.8, 4) is 5.75 Å². The summed E-state index contributed by atoms with van der Waals surface area (Å²) < 4.78 is 40.2. The van der Waals surface area contributed by atoms with Crippen LogP contribution in [0.3, 0.4) is 0 Å². The van der Waals surface area contributed by atoms with Gasteiger partial charge < -0.3 is 10.1 Å². The van der Waals surface area contributed by atoms with E-state index in [1.54, 1.807) is 13.0 Å². The lowest BCUT2D eigenvalue weighted by Gasteiger charge is -2.13. The van der Waals surface area contributed by atoms with Gasteiger partial charge in [-0.25, -0.2) is 0 Å². The standard InChI is InChI=1S/C13H12F3NO2/c1-7-5-10(17)11(12(7)18)8-3-2-4-9(6-8)19-13(14,15)16/h2-4,6-7,11,17H,5H2,1H3. The third-order valence-corrected chi connectivity index (χ3v) is 3.07. The molecule has 1 aliphatic carbocycles. The van der Waals surface area contributed by atoms with E-state index in [2.05, 4.69) is 4.74 Å². The summed E-state index contributed by atoms with van der Waals surface area (Å²) in [5.74, 6) is -1.50. The number of hydrogen-bond donors (Lipinski definition) is 1. The van der Waals surface area contributed by atoms with Crippen molar-refractivity contribution >= 4 is 11.5 Å². The van der Waals surface area contributed by atoms with Crippen LogP contribution in [0.2, 0.25) is 0 Å². The summed E-state index contributed by atoms with van der Waals surface area (Å²) >= 11 is 0. The maximum Gasteiger partial charge on any atom is 0.573 e. The van der Waals surface area contributed by atoms with E-state index in [1.165, 1.54) is 18.2 Å². The normalized spacial score (nSPS) is 23.8. The molecule has 2 atom stereocenters. The van der Waals surface area contributed by atoms with Gasteiger partial charge in [-0.3, -0.25) is 4.79 Å². The number of nitrogens with one attached hydrogen (secondary N) is 1. The first-order valence-electron chi connectivity index (χ1n) is 5.74. The number of ketones is 1. The minimum atomic E-state index is -4.76. The van der Waals surface area contributed by atoms with Crippen LogP contribution < -0.4 is 4.74 Å².